The van der Waals surface area contributed by atoms with Gasteiger partial charge in [-0.25, -0.2) is 4.98 Å². The third-order valence-corrected chi connectivity index (χ3v) is 6.61. The van der Waals surface area contributed by atoms with Crippen LogP contribution in [0.2, 0.25) is 10.0 Å². The Morgan fingerprint density at radius 1 is 1.30 bits per heavy atom. The number of ether oxygens (including phenoxy) is 1. The number of nitrogens with one attached hydrogen (secondary N) is 2. The zero-order valence-electron chi connectivity index (χ0n) is 19.2. The summed E-state index contributed by atoms with van der Waals surface area (Å²) in [6, 6.07) is 2.91. The Hall–Kier alpha value is -3.23. The highest BCUT2D eigenvalue weighted by Gasteiger charge is 2.36. The number of nitrogens with zero attached hydrogens (tertiary/aromatic N) is 4. The normalized spacial score (nSPS) is 15.6. The second kappa shape index (κ2) is 10.6. The average Bonchev–Trinajstić information content (AvgIpc) is 3.49. The topological polar surface area (TPSA) is 125 Å². The van der Waals surface area contributed by atoms with E-state index in [1.54, 1.807) is 17.3 Å². The van der Waals surface area contributed by atoms with Crippen LogP contribution in [0.5, 0.6) is 5.75 Å². The minimum absolute atomic E-state index is 0.0200. The molecular formula is C21H20Cl2F3N7O3S. The molecule has 0 fully saturated rings. The highest BCUT2D eigenvalue weighted by molar-refractivity contribution is 7.14. The predicted molar refractivity (Wildman–Crippen MR) is 133 cm³/mol. The number of hydrogen-bond acceptors (Lipinski definition) is 9. The molecule has 0 atom stereocenters. The maximum atomic E-state index is 12.6. The number of halogens is 5. The molecule has 1 aromatic carbocycles. The van der Waals surface area contributed by atoms with Crippen molar-refractivity contribution < 1.29 is 27.5 Å². The van der Waals surface area contributed by atoms with Crippen molar-refractivity contribution in [2.45, 2.75) is 12.6 Å². The number of rotatable bonds is 8. The second-order valence-electron chi connectivity index (χ2n) is 7.88. The van der Waals surface area contributed by atoms with Crippen LogP contribution in [0.25, 0.3) is 11.3 Å². The Bertz CT molecular complexity index is 1280. The van der Waals surface area contributed by atoms with Gasteiger partial charge in [-0.3, -0.25) is 24.4 Å². The molecular weight excluding hydrogens is 558 g/mol. The lowest BCUT2D eigenvalue weighted by atomic mass is 10.1. The number of guanidine groups is 1. The summed E-state index contributed by atoms with van der Waals surface area (Å²) in [5.74, 6) is -0.271. The lowest BCUT2D eigenvalue weighted by Gasteiger charge is -2.33. The molecule has 0 saturated heterocycles. The lowest BCUT2D eigenvalue weighted by molar-refractivity contribution is -0.139. The van der Waals surface area contributed by atoms with Gasteiger partial charge in [0.05, 0.1) is 41.9 Å². The van der Waals surface area contributed by atoms with Crippen LogP contribution in [-0.4, -0.2) is 72.0 Å². The summed E-state index contributed by atoms with van der Waals surface area (Å²) in [6.07, 6.45) is -5.51. The molecule has 0 aliphatic carbocycles. The van der Waals surface area contributed by atoms with E-state index in [1.807, 2.05) is 0 Å². The molecule has 0 unspecified atom stereocenters. The Morgan fingerprint density at radius 2 is 2.00 bits per heavy atom. The molecule has 0 bridgehead atoms. The summed E-state index contributed by atoms with van der Waals surface area (Å²) >= 11 is 13.4. The number of likely N-dealkylation sites (N-methyl/N-ethyl adjacent to an activating group) is 1. The number of carbonyl (C=O) groups is 2. The molecule has 0 spiro atoms. The van der Waals surface area contributed by atoms with Crippen LogP contribution < -0.4 is 21.1 Å². The molecule has 2 aliphatic rings. The first kappa shape index (κ1) is 26.8. The van der Waals surface area contributed by atoms with Gasteiger partial charge in [0.1, 0.15) is 11.5 Å². The molecule has 16 heteroatoms. The number of anilines is 1. The van der Waals surface area contributed by atoms with Gasteiger partial charge in [0, 0.05) is 24.5 Å². The number of amides is 2. The van der Waals surface area contributed by atoms with Crippen LogP contribution in [0.3, 0.4) is 0 Å². The van der Waals surface area contributed by atoms with E-state index < -0.39 is 31.0 Å². The second-order valence-corrected chi connectivity index (χ2v) is 9.55. The number of fused-ring (bicyclic) bond motifs is 1. The van der Waals surface area contributed by atoms with Crippen LogP contribution in [0.4, 0.5) is 18.3 Å². The zero-order chi connectivity index (χ0) is 26.9. The van der Waals surface area contributed by atoms with Crippen molar-refractivity contribution in [2.24, 2.45) is 10.7 Å². The summed E-state index contributed by atoms with van der Waals surface area (Å²) in [6.45, 7) is 0.178. The van der Waals surface area contributed by atoms with E-state index in [2.05, 4.69) is 20.6 Å². The maximum absolute atomic E-state index is 12.6. The quantitative estimate of drug-likeness (QED) is 0.439. The summed E-state index contributed by atoms with van der Waals surface area (Å²) < 4.78 is 42.2. The number of thiazole rings is 1. The van der Waals surface area contributed by atoms with E-state index in [9.17, 15) is 22.8 Å². The fourth-order valence-corrected chi connectivity index (χ4v) is 4.86. The van der Waals surface area contributed by atoms with Crippen LogP contribution in [0, 0.1) is 0 Å². The fourth-order valence-electron chi connectivity index (χ4n) is 3.53. The summed E-state index contributed by atoms with van der Waals surface area (Å²) in [5.41, 5.74) is 7.10. The van der Waals surface area contributed by atoms with Crippen molar-refractivity contribution in [2.75, 3.05) is 38.6 Å². The molecule has 3 heterocycles. The molecule has 0 saturated carbocycles. The van der Waals surface area contributed by atoms with Gasteiger partial charge >= 0.3 is 6.18 Å². The molecule has 2 aliphatic heterocycles. The Labute approximate surface area is 222 Å². The van der Waals surface area contributed by atoms with Crippen molar-refractivity contribution in [3.8, 4) is 17.0 Å². The van der Waals surface area contributed by atoms with E-state index in [0.717, 1.165) is 11.3 Å². The minimum Gasteiger partial charge on any atom is -0.490 e. The molecule has 2 amide bonds. The average molecular weight is 578 g/mol. The third-order valence-electron chi connectivity index (χ3n) is 5.29. The first-order chi connectivity index (χ1) is 17.4. The summed E-state index contributed by atoms with van der Waals surface area (Å²) in [5, 5.41) is 7.36. The van der Waals surface area contributed by atoms with E-state index in [1.165, 1.54) is 17.0 Å². The number of aromatic nitrogens is 1. The van der Waals surface area contributed by atoms with Crippen LogP contribution in [0.1, 0.15) is 6.42 Å². The molecule has 10 nitrogen and oxygen atoms in total. The van der Waals surface area contributed by atoms with Gasteiger partial charge in [-0.05, 0) is 12.1 Å². The Balaban J connectivity index is 1.37. The molecule has 198 valence electrons. The minimum atomic E-state index is -4.37. The monoisotopic (exact) mass is 577 g/mol. The standard InChI is InChI=1S/C21H20Cl2F3N7O3S/c1-32-18(35)15(17(27)33-4-3-28-20(32)33)29-8-14(34)31-19-30-13(9-37-19)10-6-11(22)16(12(23)7-10)36-5-2-21(24,25)26/h6-7,9,29H,2-5,8,27H2,1H3,(H,30,31,34). The number of carbonyl (C=O) groups excluding carboxylic acids is 2. The van der Waals surface area contributed by atoms with Crippen LogP contribution in [0.15, 0.2) is 34.0 Å². The van der Waals surface area contributed by atoms with Crippen molar-refractivity contribution in [1.82, 2.24) is 20.1 Å². The molecule has 0 radical (unpaired) electrons. The number of nitrogens with two attached hydrogens (primary N) is 1. The van der Waals surface area contributed by atoms with Gasteiger partial charge in [0.25, 0.3) is 5.91 Å². The van der Waals surface area contributed by atoms with Gasteiger partial charge in [0.2, 0.25) is 11.9 Å². The van der Waals surface area contributed by atoms with Gasteiger partial charge < -0.3 is 21.1 Å². The van der Waals surface area contributed by atoms with E-state index in [4.69, 9.17) is 33.7 Å². The van der Waals surface area contributed by atoms with Gasteiger partial charge in [-0.1, -0.05) is 23.2 Å². The van der Waals surface area contributed by atoms with Crippen LogP contribution in [-0.2, 0) is 9.59 Å². The smallest absolute Gasteiger partial charge is 0.392 e. The van der Waals surface area contributed by atoms with Crippen molar-refractivity contribution in [1.29, 1.82) is 0 Å². The van der Waals surface area contributed by atoms with Crippen molar-refractivity contribution in [3.63, 3.8) is 0 Å². The SMILES string of the molecule is CN1C(=O)C(NCC(=O)Nc2nc(-c3cc(Cl)c(OCCC(F)(F)F)c(Cl)c3)cs2)=C(N)N2CCN=C12. The lowest BCUT2D eigenvalue weighted by Crippen LogP contribution is -2.53. The number of benzene rings is 1. The fraction of sp³-hybridized carbons (Fsp3) is 0.333. The molecule has 4 N–H and O–H groups in total. The third kappa shape index (κ3) is 6.02. The van der Waals surface area contributed by atoms with E-state index >= 15 is 0 Å². The number of aliphatic imine (C=N–C) groups is 1. The number of hydrogen-bond donors (Lipinski definition) is 3. The first-order valence-electron chi connectivity index (χ1n) is 10.7. The summed E-state index contributed by atoms with van der Waals surface area (Å²) in [4.78, 5) is 36.7. The highest BCUT2D eigenvalue weighted by atomic mass is 35.5. The largest absolute Gasteiger partial charge is 0.490 e. The van der Waals surface area contributed by atoms with Crippen LogP contribution >= 0.6 is 34.5 Å². The predicted octanol–water partition coefficient (Wildman–Crippen LogP) is 3.25. The molecule has 37 heavy (non-hydrogen) atoms. The molecule has 1 aromatic heterocycles. The van der Waals surface area contributed by atoms with Crippen molar-refractivity contribution >= 4 is 57.4 Å². The highest BCUT2D eigenvalue weighted by Crippen LogP contribution is 2.38. The Morgan fingerprint density at radius 3 is 2.68 bits per heavy atom. The maximum Gasteiger partial charge on any atom is 0.392 e. The van der Waals surface area contributed by atoms with Crippen molar-refractivity contribution in [3.05, 3.63) is 39.1 Å². The van der Waals surface area contributed by atoms with E-state index in [-0.39, 0.29) is 39.0 Å². The molecule has 4 rings (SSSR count). The first-order valence-corrected chi connectivity index (χ1v) is 12.4. The van der Waals surface area contributed by atoms with Gasteiger partial charge in [-0.2, -0.15) is 13.2 Å². The zero-order valence-corrected chi connectivity index (χ0v) is 21.5. The van der Waals surface area contributed by atoms with E-state index in [0.29, 0.717) is 30.3 Å². The van der Waals surface area contributed by atoms with Gasteiger partial charge in [-0.15, -0.1) is 11.3 Å². The summed E-state index contributed by atoms with van der Waals surface area (Å²) in [7, 11) is 1.57. The van der Waals surface area contributed by atoms with Gasteiger partial charge in [0.15, 0.2) is 10.9 Å². The molecule has 2 aromatic rings. The number of alkyl halides is 3. The Kier molecular flexibility index (Phi) is 7.71.